The Kier molecular flexibility index (Phi) is 8.80. The summed E-state index contributed by atoms with van der Waals surface area (Å²) in [6, 6.07) is 16.1. The molecule has 0 aliphatic rings. The molecular formula is C26H33ClN4O3SSi. The van der Waals surface area contributed by atoms with E-state index in [0.29, 0.717) is 23.6 Å². The van der Waals surface area contributed by atoms with Gasteiger partial charge in [-0.15, -0.1) is 0 Å². The van der Waals surface area contributed by atoms with Crippen molar-refractivity contribution in [1.29, 1.82) is 5.26 Å². The van der Waals surface area contributed by atoms with Gasteiger partial charge in [-0.05, 0) is 42.3 Å². The van der Waals surface area contributed by atoms with Gasteiger partial charge in [0.1, 0.15) is 11.8 Å². The average Bonchev–Trinajstić information content (AvgIpc) is 3.23. The zero-order chi connectivity index (χ0) is 26.6. The van der Waals surface area contributed by atoms with Crippen LogP contribution in [0.4, 0.5) is 0 Å². The molecule has 0 spiro atoms. The molecule has 3 rings (SSSR count). The van der Waals surface area contributed by atoms with Crippen LogP contribution in [-0.4, -0.2) is 39.1 Å². The molecule has 0 amide bonds. The van der Waals surface area contributed by atoms with Gasteiger partial charge in [0, 0.05) is 36.7 Å². The molecule has 7 nitrogen and oxygen atoms in total. The highest BCUT2D eigenvalue weighted by Crippen LogP contribution is 2.36. The lowest BCUT2D eigenvalue weighted by Crippen LogP contribution is -2.33. The molecule has 0 bridgehead atoms. The molecule has 2 aromatic carbocycles. The predicted octanol–water partition coefficient (Wildman–Crippen LogP) is 5.83. The first-order valence-electron chi connectivity index (χ1n) is 11.8. The lowest BCUT2D eigenvalue weighted by Gasteiger charge is -2.32. The zero-order valence-electron chi connectivity index (χ0n) is 21.3. The van der Waals surface area contributed by atoms with Crippen LogP contribution in [0.25, 0.3) is 10.9 Å². The van der Waals surface area contributed by atoms with Crippen LogP contribution in [0.3, 0.4) is 0 Å². The molecule has 0 saturated heterocycles. The number of sulfonamides is 1. The molecule has 0 aliphatic heterocycles. The van der Waals surface area contributed by atoms with E-state index >= 15 is 0 Å². The van der Waals surface area contributed by atoms with Crippen molar-refractivity contribution in [3.05, 3.63) is 77.0 Å². The minimum absolute atomic E-state index is 0.446. The molecule has 0 saturated carbocycles. The highest BCUT2D eigenvalue weighted by atomic mass is 35.5. The first-order chi connectivity index (χ1) is 16.9. The fourth-order valence-electron chi connectivity index (χ4n) is 4.16. The van der Waals surface area contributed by atoms with Gasteiger partial charge in [-0.1, -0.05) is 62.4 Å². The molecule has 0 aliphatic carbocycles. The molecule has 192 valence electrons. The average molecular weight is 545 g/mol. The maximum absolute atomic E-state index is 12.2. The van der Waals surface area contributed by atoms with Gasteiger partial charge in [-0.2, -0.15) is 15.1 Å². The minimum atomic E-state index is -3.54. The van der Waals surface area contributed by atoms with E-state index in [2.05, 4.69) is 30.4 Å². The predicted molar refractivity (Wildman–Crippen MR) is 148 cm³/mol. The van der Waals surface area contributed by atoms with Crippen LogP contribution in [0.2, 0.25) is 30.7 Å². The Balaban J connectivity index is 2.16. The molecule has 2 atom stereocenters. The molecule has 1 N–H and O–H groups in total. The third-order valence-corrected chi connectivity index (χ3v) is 8.68. The lowest BCUT2D eigenvalue weighted by molar-refractivity contribution is 0.0552. The number of halogens is 1. The first kappa shape index (κ1) is 28.1. The van der Waals surface area contributed by atoms with Gasteiger partial charge in [0.25, 0.3) is 0 Å². The van der Waals surface area contributed by atoms with Crippen molar-refractivity contribution >= 4 is 40.6 Å². The number of aromatic nitrogens is 2. The van der Waals surface area contributed by atoms with Gasteiger partial charge in [-0.3, -0.25) is 4.68 Å². The van der Waals surface area contributed by atoms with Crippen LogP contribution in [0.5, 0.6) is 0 Å². The normalized spacial score (nSPS) is 15.1. The van der Waals surface area contributed by atoms with Gasteiger partial charge < -0.3 is 4.74 Å². The van der Waals surface area contributed by atoms with Crippen LogP contribution in [-0.2, 0) is 20.3 Å². The van der Waals surface area contributed by atoms with Crippen molar-refractivity contribution in [3.8, 4) is 6.07 Å². The summed E-state index contributed by atoms with van der Waals surface area (Å²) in [5, 5.41) is 15.5. The van der Waals surface area contributed by atoms with Crippen molar-refractivity contribution in [1.82, 2.24) is 14.5 Å². The number of nitriles is 1. The summed E-state index contributed by atoms with van der Waals surface area (Å²) in [6.07, 6.45) is 5.92. The van der Waals surface area contributed by atoms with Crippen LogP contribution in [0.15, 0.2) is 60.8 Å². The zero-order valence-corrected chi connectivity index (χ0v) is 23.9. The topological polar surface area (TPSA) is 97.0 Å². The summed E-state index contributed by atoms with van der Waals surface area (Å²) in [6.45, 7) is 9.21. The lowest BCUT2D eigenvalue weighted by atomic mass is 9.86. The maximum atomic E-state index is 12.2. The third-order valence-electron chi connectivity index (χ3n) is 6.08. The van der Waals surface area contributed by atoms with Crippen molar-refractivity contribution in [2.24, 2.45) is 0 Å². The molecule has 1 heterocycles. The van der Waals surface area contributed by atoms with E-state index in [9.17, 15) is 13.7 Å². The SMILES string of the molecule is CCC(/C=C/C#N)(c1ccc(Cl)cc1)n1ncc2c(C(NS(C)(=O)=O)OCC[Si](C)(C)C)cccc21. The summed E-state index contributed by atoms with van der Waals surface area (Å²) >= 11 is 6.15. The van der Waals surface area contributed by atoms with Crippen molar-refractivity contribution < 1.29 is 13.2 Å². The van der Waals surface area contributed by atoms with Crippen LogP contribution >= 0.6 is 11.6 Å². The largest absolute Gasteiger partial charge is 0.358 e. The second kappa shape index (κ2) is 11.3. The van der Waals surface area contributed by atoms with E-state index in [1.54, 1.807) is 6.20 Å². The van der Waals surface area contributed by atoms with E-state index in [4.69, 9.17) is 21.4 Å². The summed E-state index contributed by atoms with van der Waals surface area (Å²) < 4.78 is 35.0. The van der Waals surface area contributed by atoms with Crippen LogP contribution in [0, 0.1) is 11.3 Å². The number of benzene rings is 2. The summed E-state index contributed by atoms with van der Waals surface area (Å²) in [7, 11) is -4.92. The van der Waals surface area contributed by atoms with Gasteiger partial charge >= 0.3 is 0 Å². The summed E-state index contributed by atoms with van der Waals surface area (Å²) in [4.78, 5) is 0. The second-order valence-corrected chi connectivity index (χ2v) is 17.9. The van der Waals surface area contributed by atoms with Crippen molar-refractivity contribution in [3.63, 3.8) is 0 Å². The monoisotopic (exact) mass is 544 g/mol. The van der Waals surface area contributed by atoms with E-state index in [1.807, 2.05) is 60.1 Å². The van der Waals surface area contributed by atoms with Gasteiger partial charge in [0.15, 0.2) is 0 Å². The Morgan fingerprint density at radius 1 is 1.25 bits per heavy atom. The fourth-order valence-corrected chi connectivity index (χ4v) is 5.60. The Morgan fingerprint density at radius 3 is 2.53 bits per heavy atom. The molecular weight excluding hydrogens is 512 g/mol. The second-order valence-electron chi connectivity index (χ2n) is 10.0. The third kappa shape index (κ3) is 6.63. The number of fused-ring (bicyclic) bond motifs is 1. The molecule has 10 heteroatoms. The molecule has 0 fully saturated rings. The molecule has 0 radical (unpaired) electrons. The number of hydrogen-bond donors (Lipinski definition) is 1. The number of nitrogens with one attached hydrogen (secondary N) is 1. The van der Waals surface area contributed by atoms with Crippen LogP contribution in [0.1, 0.15) is 30.7 Å². The molecule has 2 unspecified atom stereocenters. The first-order valence-corrected chi connectivity index (χ1v) is 17.8. The smallest absolute Gasteiger partial charge is 0.211 e. The minimum Gasteiger partial charge on any atom is -0.358 e. The van der Waals surface area contributed by atoms with Crippen molar-refractivity contribution in [2.75, 3.05) is 12.9 Å². The Morgan fingerprint density at radius 2 is 1.94 bits per heavy atom. The molecule has 36 heavy (non-hydrogen) atoms. The highest BCUT2D eigenvalue weighted by Gasteiger charge is 2.33. The number of nitrogens with zero attached hydrogens (tertiary/aromatic N) is 3. The molecule has 3 aromatic rings. The van der Waals surface area contributed by atoms with E-state index in [1.165, 1.54) is 6.08 Å². The van der Waals surface area contributed by atoms with Crippen molar-refractivity contribution in [2.45, 2.75) is 50.8 Å². The number of rotatable bonds is 11. The number of hydrogen-bond acceptors (Lipinski definition) is 5. The number of ether oxygens (including phenoxy) is 1. The number of allylic oxidation sites excluding steroid dienone is 2. The van der Waals surface area contributed by atoms with E-state index < -0.39 is 29.9 Å². The van der Waals surface area contributed by atoms with E-state index in [-0.39, 0.29) is 0 Å². The van der Waals surface area contributed by atoms with Gasteiger partial charge in [0.2, 0.25) is 10.0 Å². The molecule has 1 aromatic heterocycles. The van der Waals surface area contributed by atoms with Gasteiger partial charge in [0.05, 0.1) is 24.0 Å². The summed E-state index contributed by atoms with van der Waals surface area (Å²) in [5.41, 5.74) is 1.65. The standard InChI is InChI=1S/C26H33ClN4O3SSi/c1-6-26(15-8-16-28,20-11-13-21(27)14-12-20)31-24-10-7-9-22(23(24)19-29-31)25(30-35(2,32)33)34-17-18-36(3,4)5/h7-15,19,25,30H,6,17-18H2,1-5H3/b15-8+. The quantitative estimate of drug-likeness (QED) is 0.186. The Hall–Kier alpha value is -2.48. The van der Waals surface area contributed by atoms with E-state index in [0.717, 1.165) is 28.8 Å². The Labute approximate surface area is 219 Å². The maximum Gasteiger partial charge on any atom is 0.211 e. The Bertz CT molecular complexity index is 1370. The fraction of sp³-hybridized carbons (Fsp3) is 0.385. The van der Waals surface area contributed by atoms with Gasteiger partial charge in [-0.25, -0.2) is 8.42 Å². The van der Waals surface area contributed by atoms with Crippen LogP contribution < -0.4 is 4.72 Å². The highest BCUT2D eigenvalue weighted by molar-refractivity contribution is 7.88. The summed E-state index contributed by atoms with van der Waals surface area (Å²) in [5.74, 6) is 0.